The summed E-state index contributed by atoms with van der Waals surface area (Å²) in [6, 6.07) is 9.44. The van der Waals surface area contributed by atoms with Crippen molar-refractivity contribution in [3.63, 3.8) is 0 Å². The molecule has 0 radical (unpaired) electrons. The van der Waals surface area contributed by atoms with Gasteiger partial charge in [0.15, 0.2) is 0 Å². The molecule has 3 aromatic rings. The topological polar surface area (TPSA) is 62.4 Å². The van der Waals surface area contributed by atoms with Crippen LogP contribution in [0.15, 0.2) is 36.4 Å². The number of nitrogens with zero attached hydrogens (tertiary/aromatic N) is 2. The maximum Gasteiger partial charge on any atom is 0.416 e. The molecule has 2 aromatic carbocycles. The average molecular weight is 473 g/mol. The molecule has 6 rings (SSSR count). The van der Waals surface area contributed by atoms with Crippen LogP contribution in [0.25, 0.3) is 11.0 Å². The number of halogens is 3. The molecular weight excluding hydrogens is 445 g/mol. The van der Waals surface area contributed by atoms with Crippen molar-refractivity contribution in [3.05, 3.63) is 53.3 Å². The Bertz CT molecular complexity index is 1210. The lowest BCUT2D eigenvalue weighted by molar-refractivity contribution is -0.137. The number of ether oxygens (including phenoxy) is 2. The molecule has 1 aromatic heterocycles. The molecular formula is C25H27F3N4O2. The fourth-order valence-electron chi connectivity index (χ4n) is 5.09. The van der Waals surface area contributed by atoms with Gasteiger partial charge in [0.05, 0.1) is 41.6 Å². The number of nitrogens with one attached hydrogen (secondary N) is 2. The van der Waals surface area contributed by atoms with Crippen molar-refractivity contribution >= 4 is 16.7 Å². The van der Waals surface area contributed by atoms with Crippen LogP contribution in [0.4, 0.5) is 18.9 Å². The molecule has 6 nitrogen and oxygen atoms in total. The predicted octanol–water partition coefficient (Wildman–Crippen LogP) is 5.09. The van der Waals surface area contributed by atoms with Gasteiger partial charge in [-0.3, -0.25) is 4.90 Å². The van der Waals surface area contributed by atoms with E-state index in [1.165, 1.54) is 0 Å². The predicted molar refractivity (Wildman–Crippen MR) is 122 cm³/mol. The molecule has 3 atom stereocenters. The van der Waals surface area contributed by atoms with Crippen LogP contribution < -0.4 is 10.1 Å². The van der Waals surface area contributed by atoms with Crippen molar-refractivity contribution in [2.45, 2.75) is 50.0 Å². The van der Waals surface area contributed by atoms with Crippen molar-refractivity contribution in [1.82, 2.24) is 14.9 Å². The van der Waals surface area contributed by atoms with Crippen LogP contribution >= 0.6 is 0 Å². The fourth-order valence-corrected chi connectivity index (χ4v) is 5.09. The van der Waals surface area contributed by atoms with E-state index >= 15 is 0 Å². The molecule has 2 N–H and O–H groups in total. The molecule has 34 heavy (non-hydrogen) atoms. The van der Waals surface area contributed by atoms with Gasteiger partial charge >= 0.3 is 6.18 Å². The first kappa shape index (κ1) is 21.7. The summed E-state index contributed by atoms with van der Waals surface area (Å²) in [7, 11) is 0. The highest BCUT2D eigenvalue weighted by Gasteiger charge is 2.39. The van der Waals surface area contributed by atoms with Gasteiger partial charge in [0.25, 0.3) is 0 Å². The molecule has 0 bridgehead atoms. The first-order valence-electron chi connectivity index (χ1n) is 11.8. The lowest BCUT2D eigenvalue weighted by Crippen LogP contribution is -2.54. The van der Waals surface area contributed by atoms with Gasteiger partial charge in [0, 0.05) is 24.6 Å². The minimum Gasteiger partial charge on any atom is -0.491 e. The second-order valence-electron chi connectivity index (χ2n) is 9.53. The van der Waals surface area contributed by atoms with Crippen molar-refractivity contribution in [2.24, 2.45) is 0 Å². The van der Waals surface area contributed by atoms with Crippen LogP contribution in [0.3, 0.4) is 0 Å². The Morgan fingerprint density at radius 1 is 1.18 bits per heavy atom. The smallest absolute Gasteiger partial charge is 0.416 e. The average Bonchev–Trinajstić information content (AvgIpc) is 3.57. The lowest BCUT2D eigenvalue weighted by atomic mass is 9.93. The third-order valence-corrected chi connectivity index (χ3v) is 7.02. The van der Waals surface area contributed by atoms with Crippen LogP contribution in [-0.2, 0) is 10.9 Å². The van der Waals surface area contributed by atoms with Crippen LogP contribution in [-0.4, -0.2) is 53.3 Å². The fraction of sp³-hybridized carbons (Fsp3) is 0.480. The third-order valence-electron chi connectivity index (χ3n) is 7.02. The van der Waals surface area contributed by atoms with Gasteiger partial charge in [0.1, 0.15) is 23.7 Å². The second-order valence-corrected chi connectivity index (χ2v) is 9.53. The Morgan fingerprint density at radius 3 is 2.79 bits per heavy atom. The van der Waals surface area contributed by atoms with Crippen LogP contribution in [0.1, 0.15) is 48.7 Å². The summed E-state index contributed by atoms with van der Waals surface area (Å²) < 4.78 is 51.7. The molecule has 0 amide bonds. The Balaban J connectivity index is 1.39. The number of H-pyrrole nitrogens is 1. The van der Waals surface area contributed by atoms with E-state index in [2.05, 4.69) is 15.2 Å². The number of aromatic amines is 1. The first-order valence-corrected chi connectivity index (χ1v) is 11.8. The van der Waals surface area contributed by atoms with E-state index in [0.29, 0.717) is 19.1 Å². The molecule has 3 heterocycles. The number of anilines is 1. The van der Waals surface area contributed by atoms with Crippen molar-refractivity contribution in [2.75, 3.05) is 31.6 Å². The van der Waals surface area contributed by atoms with Gasteiger partial charge in [-0.05, 0) is 44.0 Å². The number of hydrogen-bond donors (Lipinski definition) is 2. The Morgan fingerprint density at radius 2 is 2.03 bits per heavy atom. The zero-order valence-corrected chi connectivity index (χ0v) is 18.9. The van der Waals surface area contributed by atoms with E-state index < -0.39 is 11.7 Å². The molecule has 9 heteroatoms. The maximum atomic E-state index is 13.4. The van der Waals surface area contributed by atoms with Crippen molar-refractivity contribution < 1.29 is 22.6 Å². The minimum absolute atomic E-state index is 0.0623. The summed E-state index contributed by atoms with van der Waals surface area (Å²) in [4.78, 5) is 10.6. The number of imidazole rings is 1. The molecule has 180 valence electrons. The highest BCUT2D eigenvalue weighted by Crippen LogP contribution is 2.43. The van der Waals surface area contributed by atoms with Crippen LogP contribution in [0.2, 0.25) is 0 Å². The molecule has 2 aliphatic heterocycles. The molecule has 0 unspecified atom stereocenters. The summed E-state index contributed by atoms with van der Waals surface area (Å²) in [6.45, 7) is 4.42. The number of rotatable bonds is 4. The molecule has 1 saturated carbocycles. The zero-order chi connectivity index (χ0) is 23.4. The van der Waals surface area contributed by atoms with Gasteiger partial charge < -0.3 is 19.8 Å². The van der Waals surface area contributed by atoms with Crippen molar-refractivity contribution in [3.8, 4) is 5.75 Å². The Kier molecular flexibility index (Phi) is 5.22. The van der Waals surface area contributed by atoms with E-state index in [-0.39, 0.29) is 23.9 Å². The second kappa shape index (κ2) is 8.16. The Hall–Kier alpha value is -2.78. The number of aromatic nitrogens is 2. The van der Waals surface area contributed by atoms with E-state index in [1.807, 2.05) is 25.1 Å². The third kappa shape index (κ3) is 4.01. The van der Waals surface area contributed by atoms with Gasteiger partial charge in [-0.2, -0.15) is 13.2 Å². The number of benzene rings is 2. The number of fused-ring (bicyclic) bond motifs is 2. The number of para-hydroxylation sites is 1. The zero-order valence-electron chi connectivity index (χ0n) is 18.9. The summed E-state index contributed by atoms with van der Waals surface area (Å²) in [5.41, 5.74) is 2.71. The van der Waals surface area contributed by atoms with Crippen LogP contribution in [0, 0.1) is 0 Å². The van der Waals surface area contributed by atoms with Gasteiger partial charge in [-0.15, -0.1) is 0 Å². The van der Waals surface area contributed by atoms with Gasteiger partial charge in [-0.1, -0.05) is 12.1 Å². The van der Waals surface area contributed by atoms with E-state index in [4.69, 9.17) is 14.5 Å². The molecule has 1 aliphatic carbocycles. The summed E-state index contributed by atoms with van der Waals surface area (Å²) in [5.74, 6) is 1.77. The van der Waals surface area contributed by atoms with Gasteiger partial charge in [-0.25, -0.2) is 4.98 Å². The monoisotopic (exact) mass is 472 g/mol. The first-order chi connectivity index (χ1) is 16.4. The van der Waals surface area contributed by atoms with Gasteiger partial charge in [0.2, 0.25) is 0 Å². The maximum absolute atomic E-state index is 13.4. The van der Waals surface area contributed by atoms with Crippen molar-refractivity contribution in [1.29, 1.82) is 0 Å². The standard InChI is InChI=1S/C25H27F3N4O2/c1-14-12-32(9-10-33-14)20-13-34-21-11-16(25(26,27)28)7-8-17(21)22(20)29-18-3-2-4-19-23(18)31-24(30-19)15-5-6-15/h2-4,7-8,11,14-15,20,22,29H,5-6,9-10,12-13H2,1H3,(H,30,31)/t14-,20+,22+/m1/s1. The molecule has 2 fully saturated rings. The highest BCUT2D eigenvalue weighted by atomic mass is 19.4. The Labute approximate surface area is 195 Å². The molecule has 3 aliphatic rings. The SMILES string of the molecule is C[C@@H]1CN([C@H]2COc3cc(C(F)(F)F)ccc3[C@@H]2Nc2cccc3[nH]c(C4CC4)nc23)CCO1. The van der Waals surface area contributed by atoms with E-state index in [0.717, 1.165) is 66.2 Å². The van der Waals surface area contributed by atoms with E-state index in [1.54, 1.807) is 6.07 Å². The van der Waals surface area contributed by atoms with E-state index in [9.17, 15) is 13.2 Å². The lowest BCUT2D eigenvalue weighted by Gasteiger charge is -2.44. The molecule has 0 spiro atoms. The largest absolute Gasteiger partial charge is 0.491 e. The quantitative estimate of drug-likeness (QED) is 0.554. The minimum atomic E-state index is -4.42. The highest BCUT2D eigenvalue weighted by molar-refractivity contribution is 5.88. The summed E-state index contributed by atoms with van der Waals surface area (Å²) in [6.07, 6.45) is -2.04. The summed E-state index contributed by atoms with van der Waals surface area (Å²) >= 11 is 0. The molecule has 1 saturated heterocycles. The summed E-state index contributed by atoms with van der Waals surface area (Å²) in [5, 5.41) is 3.65. The number of hydrogen-bond acceptors (Lipinski definition) is 5. The number of morpholine rings is 1. The normalized spacial score (nSPS) is 25.7. The number of alkyl halides is 3. The van der Waals surface area contributed by atoms with Crippen LogP contribution in [0.5, 0.6) is 5.75 Å².